The Kier molecular flexibility index (Phi) is 4.30. The number of amides is 1. The number of rotatable bonds is 2. The Morgan fingerprint density at radius 1 is 1.27 bits per heavy atom. The van der Waals surface area contributed by atoms with Crippen molar-refractivity contribution in [2.24, 2.45) is 5.92 Å². The van der Waals surface area contributed by atoms with Gasteiger partial charge in [0.15, 0.2) is 0 Å². The number of hydrogen-bond acceptors (Lipinski definition) is 3. The Labute approximate surface area is 158 Å². The van der Waals surface area contributed by atoms with Gasteiger partial charge in [0.2, 0.25) is 0 Å². The lowest BCUT2D eigenvalue weighted by atomic mass is 9.89. The van der Waals surface area contributed by atoms with Crippen LogP contribution in [0.15, 0.2) is 36.4 Å². The van der Waals surface area contributed by atoms with Crippen LogP contribution in [0.2, 0.25) is 0 Å². The molecule has 0 radical (unpaired) electrons. The normalized spacial score (nSPS) is 24.6. The topological polar surface area (TPSA) is 23.6 Å². The molecule has 0 saturated carbocycles. The van der Waals surface area contributed by atoms with E-state index in [1.807, 2.05) is 30.0 Å². The lowest BCUT2D eigenvalue weighted by Crippen LogP contribution is -2.50. The maximum atomic E-state index is 13.8. The summed E-state index contributed by atoms with van der Waals surface area (Å²) in [4.78, 5) is 19.2. The monoisotopic (exact) mass is 372 g/mol. The van der Waals surface area contributed by atoms with Gasteiger partial charge in [0.25, 0.3) is 5.91 Å². The number of halogens is 1. The van der Waals surface area contributed by atoms with Crippen LogP contribution < -0.4 is 4.90 Å². The summed E-state index contributed by atoms with van der Waals surface area (Å²) in [7, 11) is 0. The van der Waals surface area contributed by atoms with Crippen molar-refractivity contribution in [1.29, 1.82) is 0 Å². The molecule has 3 heterocycles. The first kappa shape index (κ1) is 17.5. The van der Waals surface area contributed by atoms with Gasteiger partial charge in [-0.15, -0.1) is 11.3 Å². The molecule has 5 heteroatoms. The molecule has 26 heavy (non-hydrogen) atoms. The van der Waals surface area contributed by atoms with Gasteiger partial charge in [-0.3, -0.25) is 4.79 Å². The third-order valence-electron chi connectivity index (χ3n) is 5.76. The summed E-state index contributed by atoms with van der Waals surface area (Å²) < 4.78 is 13.8. The summed E-state index contributed by atoms with van der Waals surface area (Å²) in [5.74, 6) is 0.387. The number of carbonyl (C=O) groups is 1. The lowest BCUT2D eigenvalue weighted by molar-refractivity contribution is 0.0672. The van der Waals surface area contributed by atoms with Gasteiger partial charge in [0, 0.05) is 35.2 Å². The molecule has 1 aromatic heterocycles. The molecule has 0 spiro atoms. The zero-order chi connectivity index (χ0) is 18.5. The second kappa shape index (κ2) is 6.38. The molecule has 2 aliphatic rings. The van der Waals surface area contributed by atoms with E-state index in [9.17, 15) is 9.18 Å². The molecule has 0 unspecified atom stereocenters. The molecule has 2 aromatic rings. The van der Waals surface area contributed by atoms with E-state index in [1.165, 1.54) is 10.9 Å². The summed E-state index contributed by atoms with van der Waals surface area (Å²) in [5, 5.41) is 0. The van der Waals surface area contributed by atoms with Crippen LogP contribution in [0.5, 0.6) is 0 Å². The highest BCUT2D eigenvalue weighted by atomic mass is 32.1. The van der Waals surface area contributed by atoms with Crippen LogP contribution in [0.25, 0.3) is 0 Å². The number of benzene rings is 1. The average Bonchev–Trinajstić information content (AvgIpc) is 3.12. The van der Waals surface area contributed by atoms with Gasteiger partial charge < -0.3 is 9.80 Å². The number of carbonyl (C=O) groups excluding carboxylic acids is 1. The summed E-state index contributed by atoms with van der Waals surface area (Å²) in [6.45, 7) is 8.04. The molecule has 1 aromatic carbocycles. The van der Waals surface area contributed by atoms with Crippen molar-refractivity contribution >= 4 is 22.9 Å². The molecule has 4 rings (SSSR count). The van der Waals surface area contributed by atoms with Gasteiger partial charge in [0.05, 0.1) is 4.88 Å². The van der Waals surface area contributed by atoms with Gasteiger partial charge in [0.1, 0.15) is 5.82 Å². The molecule has 1 amide bonds. The van der Waals surface area contributed by atoms with Crippen molar-refractivity contribution in [1.82, 2.24) is 4.90 Å². The van der Waals surface area contributed by atoms with Gasteiger partial charge >= 0.3 is 0 Å². The van der Waals surface area contributed by atoms with Gasteiger partial charge in [-0.2, -0.15) is 0 Å². The van der Waals surface area contributed by atoms with Crippen molar-refractivity contribution in [3.05, 3.63) is 52.0 Å². The number of nitrogens with zero attached hydrogens (tertiary/aromatic N) is 2. The molecule has 2 saturated heterocycles. The Morgan fingerprint density at radius 2 is 2.08 bits per heavy atom. The first-order valence-corrected chi connectivity index (χ1v) is 10.1. The van der Waals surface area contributed by atoms with E-state index in [2.05, 4.69) is 18.7 Å². The Balaban J connectivity index is 1.55. The Morgan fingerprint density at radius 3 is 2.77 bits per heavy atom. The molecule has 2 fully saturated rings. The highest BCUT2D eigenvalue weighted by Gasteiger charge is 2.48. The van der Waals surface area contributed by atoms with E-state index in [4.69, 9.17) is 0 Å². The molecular formula is C21H25FN2OS. The Hall–Kier alpha value is -1.88. The second-order valence-corrected chi connectivity index (χ2v) is 9.43. The van der Waals surface area contributed by atoms with Crippen molar-refractivity contribution in [3.8, 4) is 0 Å². The minimum atomic E-state index is -0.192. The molecular weight excluding hydrogens is 347 g/mol. The smallest absolute Gasteiger partial charge is 0.263 e. The van der Waals surface area contributed by atoms with Crippen LogP contribution in [-0.4, -0.2) is 35.5 Å². The zero-order valence-electron chi connectivity index (χ0n) is 15.5. The molecule has 0 N–H and O–H groups in total. The van der Waals surface area contributed by atoms with E-state index >= 15 is 0 Å². The average molecular weight is 373 g/mol. The first-order valence-electron chi connectivity index (χ1n) is 9.26. The van der Waals surface area contributed by atoms with Crippen LogP contribution in [0.3, 0.4) is 0 Å². The van der Waals surface area contributed by atoms with E-state index in [-0.39, 0.29) is 17.3 Å². The van der Waals surface area contributed by atoms with Crippen LogP contribution in [0.1, 0.15) is 41.2 Å². The number of likely N-dealkylation sites (tertiary alicyclic amines) is 1. The summed E-state index contributed by atoms with van der Waals surface area (Å²) in [5.41, 5.74) is 0.915. The van der Waals surface area contributed by atoms with Crippen molar-refractivity contribution in [2.75, 3.05) is 18.0 Å². The summed E-state index contributed by atoms with van der Waals surface area (Å²) in [6.07, 6.45) is 1.95. The molecule has 138 valence electrons. The Bertz CT molecular complexity index is 831. The number of piperidine rings is 1. The van der Waals surface area contributed by atoms with E-state index < -0.39 is 0 Å². The molecule has 0 aliphatic carbocycles. The number of hydrogen-bond donors (Lipinski definition) is 0. The zero-order valence-corrected chi connectivity index (χ0v) is 16.4. The molecule has 2 aliphatic heterocycles. The van der Waals surface area contributed by atoms with E-state index in [0.717, 1.165) is 36.5 Å². The third kappa shape index (κ3) is 3.02. The predicted molar refractivity (Wildman–Crippen MR) is 104 cm³/mol. The van der Waals surface area contributed by atoms with Gasteiger partial charge in [-0.25, -0.2) is 4.39 Å². The van der Waals surface area contributed by atoms with Crippen LogP contribution in [0.4, 0.5) is 10.1 Å². The number of aryl methyl sites for hydroxylation is 1. The van der Waals surface area contributed by atoms with E-state index in [1.54, 1.807) is 23.5 Å². The van der Waals surface area contributed by atoms with Gasteiger partial charge in [-0.1, -0.05) is 6.07 Å². The number of thiophene rings is 1. The second-order valence-electron chi connectivity index (χ2n) is 8.14. The summed E-state index contributed by atoms with van der Waals surface area (Å²) in [6, 6.07) is 11.2. The maximum absolute atomic E-state index is 13.8. The van der Waals surface area contributed by atoms with E-state index in [0.29, 0.717) is 12.0 Å². The number of anilines is 1. The van der Waals surface area contributed by atoms with Crippen LogP contribution in [0, 0.1) is 18.7 Å². The van der Waals surface area contributed by atoms with Crippen molar-refractivity contribution in [3.63, 3.8) is 0 Å². The fraction of sp³-hybridized carbons (Fsp3) is 0.476. The van der Waals surface area contributed by atoms with Crippen molar-refractivity contribution < 1.29 is 9.18 Å². The highest BCUT2D eigenvalue weighted by Crippen LogP contribution is 2.45. The lowest BCUT2D eigenvalue weighted by Gasteiger charge is -2.41. The van der Waals surface area contributed by atoms with Crippen molar-refractivity contribution in [2.45, 2.75) is 45.2 Å². The standard InChI is InChI=1S/C21H25FN2OS/c1-14-7-8-19(26-14)20(25)23-10-9-18-15(13-23)12-21(2,3)24(18)17-6-4-5-16(22)11-17/h4-8,11,15,18H,9-10,12-13H2,1-3H3/t15-,18+/m1/s1. The largest absolute Gasteiger partial charge is 0.363 e. The van der Waals surface area contributed by atoms with Crippen LogP contribution >= 0.6 is 11.3 Å². The fourth-order valence-electron chi connectivity index (χ4n) is 4.81. The molecule has 3 nitrogen and oxygen atoms in total. The molecule has 2 atom stereocenters. The molecule has 0 bridgehead atoms. The third-order valence-corrected chi connectivity index (χ3v) is 6.75. The SMILES string of the molecule is Cc1ccc(C(=O)N2CC[C@H]3[C@@H](C2)CC(C)(C)N3c2cccc(F)c2)s1. The summed E-state index contributed by atoms with van der Waals surface area (Å²) >= 11 is 1.57. The van der Waals surface area contributed by atoms with Gasteiger partial charge in [-0.05, 0) is 69.9 Å². The quantitative estimate of drug-likeness (QED) is 0.762. The number of fused-ring (bicyclic) bond motifs is 1. The predicted octanol–water partition coefficient (Wildman–Crippen LogP) is 4.72. The minimum Gasteiger partial charge on any atom is -0.363 e. The fourth-order valence-corrected chi connectivity index (χ4v) is 5.64. The minimum absolute atomic E-state index is 0.0400. The highest BCUT2D eigenvalue weighted by molar-refractivity contribution is 7.13. The first-order chi connectivity index (χ1) is 12.3. The maximum Gasteiger partial charge on any atom is 0.263 e. The van der Waals surface area contributed by atoms with Crippen LogP contribution in [-0.2, 0) is 0 Å².